The minimum Gasteiger partial charge on any atom is -0.394 e. The zero-order valence-corrected chi connectivity index (χ0v) is 7.20. The van der Waals surface area contributed by atoms with Crippen LogP contribution in [0.3, 0.4) is 0 Å². The third-order valence-electron chi connectivity index (χ3n) is 2.08. The molecule has 0 amide bonds. The SMILES string of the molecule is COC1OC(CO)C(O)[C@@H](O)[C@@H]1O. The molecule has 0 spiro atoms. The van der Waals surface area contributed by atoms with Crippen molar-refractivity contribution in [3.05, 3.63) is 0 Å². The highest BCUT2D eigenvalue weighted by Crippen LogP contribution is 2.20. The summed E-state index contributed by atoms with van der Waals surface area (Å²) < 4.78 is 9.65. The van der Waals surface area contributed by atoms with Crippen LogP contribution in [0.2, 0.25) is 0 Å². The average Bonchev–Trinajstić information content (AvgIpc) is 2.15. The molecule has 6 heteroatoms. The predicted octanol–water partition coefficient (Wildman–Crippen LogP) is -2.57. The van der Waals surface area contributed by atoms with E-state index in [1.165, 1.54) is 7.11 Å². The normalized spacial score (nSPS) is 46.4. The number of hydrogen-bond donors (Lipinski definition) is 4. The van der Waals surface area contributed by atoms with Gasteiger partial charge in [0.05, 0.1) is 6.61 Å². The molecule has 0 saturated carbocycles. The molecular weight excluding hydrogens is 180 g/mol. The topological polar surface area (TPSA) is 99.4 Å². The van der Waals surface area contributed by atoms with E-state index in [2.05, 4.69) is 0 Å². The number of aliphatic hydroxyl groups is 4. The van der Waals surface area contributed by atoms with Gasteiger partial charge < -0.3 is 29.9 Å². The van der Waals surface area contributed by atoms with Crippen molar-refractivity contribution in [3.8, 4) is 0 Å². The Labute approximate surface area is 75.3 Å². The maximum atomic E-state index is 9.28. The van der Waals surface area contributed by atoms with E-state index in [9.17, 15) is 15.3 Å². The van der Waals surface area contributed by atoms with Gasteiger partial charge in [-0.15, -0.1) is 0 Å². The van der Waals surface area contributed by atoms with Crippen molar-refractivity contribution in [2.24, 2.45) is 0 Å². The van der Waals surface area contributed by atoms with E-state index in [0.717, 1.165) is 0 Å². The van der Waals surface area contributed by atoms with E-state index in [1.54, 1.807) is 0 Å². The van der Waals surface area contributed by atoms with Gasteiger partial charge in [-0.3, -0.25) is 0 Å². The molecule has 1 rings (SSSR count). The van der Waals surface area contributed by atoms with Crippen LogP contribution in [0, 0.1) is 0 Å². The summed E-state index contributed by atoms with van der Waals surface area (Å²) in [6.07, 6.45) is -5.91. The first-order valence-electron chi connectivity index (χ1n) is 3.95. The van der Waals surface area contributed by atoms with Gasteiger partial charge in [0.1, 0.15) is 24.4 Å². The fraction of sp³-hybridized carbons (Fsp3) is 1.00. The Bertz CT molecular complexity index is 143. The van der Waals surface area contributed by atoms with Gasteiger partial charge >= 0.3 is 0 Å². The quantitative estimate of drug-likeness (QED) is 0.386. The van der Waals surface area contributed by atoms with E-state index < -0.39 is 37.3 Å². The van der Waals surface area contributed by atoms with Crippen LogP contribution < -0.4 is 0 Å². The second-order valence-corrected chi connectivity index (χ2v) is 2.93. The van der Waals surface area contributed by atoms with Crippen LogP contribution in [0.4, 0.5) is 0 Å². The third-order valence-corrected chi connectivity index (χ3v) is 2.08. The lowest BCUT2D eigenvalue weighted by atomic mass is 9.99. The first-order valence-corrected chi connectivity index (χ1v) is 3.95. The highest BCUT2D eigenvalue weighted by Gasteiger charge is 2.43. The van der Waals surface area contributed by atoms with Gasteiger partial charge in [0.15, 0.2) is 6.29 Å². The Morgan fingerprint density at radius 2 is 1.77 bits per heavy atom. The van der Waals surface area contributed by atoms with Crippen molar-refractivity contribution in [1.29, 1.82) is 0 Å². The largest absolute Gasteiger partial charge is 0.394 e. The minimum atomic E-state index is -1.36. The highest BCUT2D eigenvalue weighted by atomic mass is 16.7. The molecule has 0 aromatic heterocycles. The highest BCUT2D eigenvalue weighted by molar-refractivity contribution is 4.88. The molecule has 13 heavy (non-hydrogen) atoms. The summed E-state index contributed by atoms with van der Waals surface area (Å²) in [7, 11) is 1.30. The maximum Gasteiger partial charge on any atom is 0.186 e. The Hall–Kier alpha value is -0.240. The molecule has 0 aromatic carbocycles. The van der Waals surface area contributed by atoms with Crippen LogP contribution in [-0.4, -0.2) is 64.8 Å². The number of aliphatic hydroxyl groups excluding tert-OH is 4. The molecule has 6 nitrogen and oxygen atoms in total. The van der Waals surface area contributed by atoms with Gasteiger partial charge in [-0.25, -0.2) is 0 Å². The van der Waals surface area contributed by atoms with Crippen molar-refractivity contribution < 1.29 is 29.9 Å². The Kier molecular flexibility index (Phi) is 3.60. The van der Waals surface area contributed by atoms with Gasteiger partial charge in [-0.2, -0.15) is 0 Å². The maximum absolute atomic E-state index is 9.28. The second kappa shape index (κ2) is 4.32. The van der Waals surface area contributed by atoms with Crippen LogP contribution in [0.25, 0.3) is 0 Å². The Morgan fingerprint density at radius 1 is 1.15 bits per heavy atom. The van der Waals surface area contributed by atoms with E-state index in [4.69, 9.17) is 14.6 Å². The molecule has 1 aliphatic heterocycles. The van der Waals surface area contributed by atoms with Crippen molar-refractivity contribution in [2.45, 2.75) is 30.7 Å². The first-order chi connectivity index (χ1) is 6.11. The molecular formula is C7H14O6. The van der Waals surface area contributed by atoms with Crippen molar-refractivity contribution in [1.82, 2.24) is 0 Å². The molecule has 0 aliphatic carbocycles. The second-order valence-electron chi connectivity index (χ2n) is 2.93. The van der Waals surface area contributed by atoms with Crippen LogP contribution in [0.5, 0.6) is 0 Å². The third kappa shape index (κ3) is 1.98. The number of rotatable bonds is 2. The Balaban J connectivity index is 2.66. The van der Waals surface area contributed by atoms with E-state index >= 15 is 0 Å². The standard InChI is InChI=1S/C7H14O6/c1-12-7-6(11)5(10)4(9)3(2-8)13-7/h3-11H,2H2,1H3/t3?,4?,5-,6+,7?/m1/s1. The van der Waals surface area contributed by atoms with E-state index in [1.807, 2.05) is 0 Å². The van der Waals surface area contributed by atoms with Gasteiger partial charge in [0.2, 0.25) is 0 Å². The summed E-state index contributed by atoms with van der Waals surface area (Å²) in [5.41, 5.74) is 0. The molecule has 0 aromatic rings. The fourth-order valence-corrected chi connectivity index (χ4v) is 1.26. The summed E-state index contributed by atoms with van der Waals surface area (Å²) in [5, 5.41) is 36.6. The molecule has 0 bridgehead atoms. The van der Waals surface area contributed by atoms with Gasteiger partial charge in [-0.05, 0) is 0 Å². The molecule has 3 unspecified atom stereocenters. The summed E-state index contributed by atoms with van der Waals surface area (Å²) in [5.74, 6) is 0. The van der Waals surface area contributed by atoms with Crippen molar-refractivity contribution >= 4 is 0 Å². The Morgan fingerprint density at radius 3 is 2.23 bits per heavy atom. The number of hydrogen-bond acceptors (Lipinski definition) is 6. The smallest absolute Gasteiger partial charge is 0.186 e. The predicted molar refractivity (Wildman–Crippen MR) is 40.8 cm³/mol. The lowest BCUT2D eigenvalue weighted by molar-refractivity contribution is -0.294. The van der Waals surface area contributed by atoms with Gasteiger partial charge in [-0.1, -0.05) is 0 Å². The lowest BCUT2D eigenvalue weighted by Crippen LogP contribution is -2.58. The monoisotopic (exact) mass is 194 g/mol. The first kappa shape index (κ1) is 10.8. The van der Waals surface area contributed by atoms with Crippen LogP contribution in [0.15, 0.2) is 0 Å². The molecule has 4 N–H and O–H groups in total. The summed E-state index contributed by atoms with van der Waals surface area (Å²) in [4.78, 5) is 0. The van der Waals surface area contributed by atoms with Crippen LogP contribution in [0.1, 0.15) is 0 Å². The van der Waals surface area contributed by atoms with Crippen LogP contribution in [-0.2, 0) is 9.47 Å². The summed E-state index contributed by atoms with van der Waals surface area (Å²) in [6, 6.07) is 0. The zero-order chi connectivity index (χ0) is 10.0. The van der Waals surface area contributed by atoms with Gasteiger partial charge in [0.25, 0.3) is 0 Å². The molecule has 1 heterocycles. The molecule has 1 saturated heterocycles. The lowest BCUT2D eigenvalue weighted by Gasteiger charge is -2.38. The van der Waals surface area contributed by atoms with Crippen LogP contribution >= 0.6 is 0 Å². The molecule has 1 aliphatic rings. The average molecular weight is 194 g/mol. The van der Waals surface area contributed by atoms with Crippen molar-refractivity contribution in [2.75, 3.05) is 13.7 Å². The van der Waals surface area contributed by atoms with Crippen molar-refractivity contribution in [3.63, 3.8) is 0 Å². The number of ether oxygens (including phenoxy) is 2. The zero-order valence-electron chi connectivity index (χ0n) is 7.20. The summed E-state index contributed by atoms with van der Waals surface area (Å²) >= 11 is 0. The van der Waals surface area contributed by atoms with E-state index in [-0.39, 0.29) is 0 Å². The number of methoxy groups -OCH3 is 1. The van der Waals surface area contributed by atoms with Gasteiger partial charge in [0, 0.05) is 7.11 Å². The van der Waals surface area contributed by atoms with E-state index in [0.29, 0.717) is 0 Å². The molecule has 78 valence electrons. The molecule has 1 fully saturated rings. The molecule has 0 radical (unpaired) electrons. The fourth-order valence-electron chi connectivity index (χ4n) is 1.26. The summed E-state index contributed by atoms with van der Waals surface area (Å²) in [6.45, 7) is -0.440. The molecule has 5 atom stereocenters. The minimum absolute atomic E-state index is 0.440.